The summed E-state index contributed by atoms with van der Waals surface area (Å²) in [4.78, 5) is 0. The Morgan fingerprint density at radius 3 is 2.33 bits per heavy atom. The molecule has 0 spiro atoms. The molecular formula is C6H3N9. The molecule has 15 heavy (non-hydrogen) atoms. The van der Waals surface area contributed by atoms with Gasteiger partial charge in [0, 0.05) is 0 Å². The molecule has 0 aliphatic rings. The van der Waals surface area contributed by atoms with Gasteiger partial charge in [0.25, 0.3) is 0 Å². The first-order chi connectivity index (χ1) is 7.36. The van der Waals surface area contributed by atoms with Crippen LogP contribution in [0.15, 0.2) is 0 Å². The van der Waals surface area contributed by atoms with Crippen molar-refractivity contribution < 1.29 is 0 Å². The van der Waals surface area contributed by atoms with E-state index < -0.39 is 0 Å². The molecule has 0 bridgehead atoms. The third-order valence-corrected chi connectivity index (χ3v) is 1.93. The third kappa shape index (κ3) is 1.06. The van der Waals surface area contributed by atoms with Gasteiger partial charge in [-0.15, -0.1) is 30.6 Å². The summed E-state index contributed by atoms with van der Waals surface area (Å²) in [7, 11) is 0. The van der Waals surface area contributed by atoms with Crippen molar-refractivity contribution in [2.75, 3.05) is 0 Å². The predicted octanol–water partition coefficient (Wildman–Crippen LogP) is -1.14. The highest BCUT2D eigenvalue weighted by molar-refractivity contribution is 5.98. The van der Waals surface area contributed by atoms with Crippen molar-refractivity contribution in [3.63, 3.8) is 0 Å². The Labute approximate surface area is 81.9 Å². The smallest absolute Gasteiger partial charge is 0.135 e. The molecule has 9 heteroatoms. The molecule has 0 aliphatic carbocycles. The topological polar surface area (TPSA) is 116 Å². The monoisotopic (exact) mass is 201 g/mol. The number of aromatic nitrogens is 9. The Morgan fingerprint density at radius 1 is 0.667 bits per heavy atom. The van der Waals surface area contributed by atoms with Gasteiger partial charge in [-0.1, -0.05) is 0 Å². The number of nitrogens with zero attached hydrogens (tertiary/aromatic N) is 9. The van der Waals surface area contributed by atoms with Gasteiger partial charge >= 0.3 is 0 Å². The van der Waals surface area contributed by atoms with E-state index in [0.29, 0.717) is 27.9 Å². The zero-order chi connectivity index (χ0) is 10.3. The molecule has 0 saturated heterocycles. The fourth-order valence-electron chi connectivity index (χ4n) is 1.28. The van der Waals surface area contributed by atoms with Crippen LogP contribution in [-0.4, -0.2) is 46.2 Å². The Bertz CT molecular complexity index is 650. The van der Waals surface area contributed by atoms with E-state index >= 15 is 0 Å². The van der Waals surface area contributed by atoms with Crippen molar-refractivity contribution >= 4 is 22.2 Å². The molecule has 3 aromatic heterocycles. The molecule has 0 saturated carbocycles. The van der Waals surface area contributed by atoms with Gasteiger partial charge in [-0.2, -0.15) is 0 Å². The Morgan fingerprint density at radius 2 is 1.40 bits per heavy atom. The van der Waals surface area contributed by atoms with Crippen LogP contribution < -0.4 is 0 Å². The second kappa shape index (κ2) is 2.77. The molecule has 0 unspecified atom stereocenters. The Hall–Kier alpha value is -2.45. The average Bonchev–Trinajstić information content (AvgIpc) is 2.29. The molecule has 0 atom stereocenters. The minimum absolute atomic E-state index is 0.315. The second-order valence-corrected chi connectivity index (χ2v) is 2.82. The third-order valence-electron chi connectivity index (χ3n) is 1.93. The molecule has 0 N–H and O–H groups in total. The van der Waals surface area contributed by atoms with Crippen LogP contribution >= 0.6 is 0 Å². The molecule has 9 nitrogen and oxygen atoms in total. The molecule has 0 radical (unpaired) electrons. The maximum atomic E-state index is 3.84. The Balaban J connectivity index is 2.64. The van der Waals surface area contributed by atoms with Crippen molar-refractivity contribution in [1.29, 1.82) is 0 Å². The fourth-order valence-corrected chi connectivity index (χ4v) is 1.28. The highest BCUT2D eigenvalue weighted by atomic mass is 15.4. The first kappa shape index (κ1) is 7.91. The number of rotatable bonds is 0. The molecule has 72 valence electrons. The van der Waals surface area contributed by atoms with E-state index in [1.807, 2.05) is 0 Å². The number of hydrogen-bond donors (Lipinski definition) is 0. The van der Waals surface area contributed by atoms with Gasteiger partial charge in [-0.25, -0.2) is 0 Å². The number of hydrogen-bond acceptors (Lipinski definition) is 9. The summed E-state index contributed by atoms with van der Waals surface area (Å²) in [5.74, 6) is 0. The summed E-state index contributed by atoms with van der Waals surface area (Å²) >= 11 is 0. The SMILES string of the molecule is Cc1nnnc2nnc3nnnnc3c12. The van der Waals surface area contributed by atoms with Crippen LogP contribution in [0.1, 0.15) is 5.69 Å². The van der Waals surface area contributed by atoms with E-state index in [9.17, 15) is 0 Å². The number of aryl methyl sites for hydroxylation is 1. The lowest BCUT2D eigenvalue weighted by molar-refractivity contribution is 0.781. The van der Waals surface area contributed by atoms with Crippen LogP contribution in [0.25, 0.3) is 22.2 Å². The molecule has 3 rings (SSSR count). The van der Waals surface area contributed by atoms with Crippen LogP contribution in [0.3, 0.4) is 0 Å². The van der Waals surface area contributed by atoms with Crippen molar-refractivity contribution in [2.24, 2.45) is 0 Å². The highest BCUT2D eigenvalue weighted by Crippen LogP contribution is 2.16. The number of fused-ring (bicyclic) bond motifs is 3. The predicted molar refractivity (Wildman–Crippen MR) is 46.3 cm³/mol. The summed E-state index contributed by atoms with van der Waals surface area (Å²) in [6.07, 6.45) is 0. The fraction of sp³-hybridized carbons (Fsp3) is 0.167. The molecular weight excluding hydrogens is 198 g/mol. The molecule has 0 aromatic carbocycles. The standard InChI is InChI=1S/C6H3N9/c1-2-3-4-6(12-15-14-8-4)10-9-5(3)11-13-7-2/h1H3. The molecule has 0 fully saturated rings. The van der Waals surface area contributed by atoms with E-state index in [1.165, 1.54) is 0 Å². The lowest BCUT2D eigenvalue weighted by atomic mass is 10.2. The van der Waals surface area contributed by atoms with Crippen LogP contribution in [0.2, 0.25) is 0 Å². The van der Waals surface area contributed by atoms with Gasteiger partial charge in [0.15, 0.2) is 0 Å². The zero-order valence-electron chi connectivity index (χ0n) is 7.52. The van der Waals surface area contributed by atoms with Crippen molar-refractivity contribution in [3.05, 3.63) is 5.69 Å². The summed E-state index contributed by atoms with van der Waals surface area (Å²) in [6.45, 7) is 1.78. The van der Waals surface area contributed by atoms with Crippen LogP contribution in [0.4, 0.5) is 0 Å². The van der Waals surface area contributed by atoms with E-state index in [1.54, 1.807) is 6.92 Å². The van der Waals surface area contributed by atoms with Crippen LogP contribution in [0.5, 0.6) is 0 Å². The minimum Gasteiger partial charge on any atom is -0.135 e. The van der Waals surface area contributed by atoms with Gasteiger partial charge in [-0.3, -0.25) is 0 Å². The summed E-state index contributed by atoms with van der Waals surface area (Å²) in [5, 5.41) is 33.7. The zero-order valence-corrected chi connectivity index (χ0v) is 7.52. The van der Waals surface area contributed by atoms with Crippen molar-refractivity contribution in [2.45, 2.75) is 6.92 Å². The Kier molecular flexibility index (Phi) is 1.46. The highest BCUT2D eigenvalue weighted by Gasteiger charge is 2.10. The molecule has 3 heterocycles. The second-order valence-electron chi connectivity index (χ2n) is 2.82. The van der Waals surface area contributed by atoms with E-state index in [4.69, 9.17) is 0 Å². The lowest BCUT2D eigenvalue weighted by Crippen LogP contribution is -2.02. The summed E-state index contributed by atoms with van der Waals surface area (Å²) < 4.78 is 0. The normalized spacial score (nSPS) is 11.0. The maximum Gasteiger partial charge on any atom is 0.226 e. The average molecular weight is 201 g/mol. The quantitative estimate of drug-likeness (QED) is 0.415. The van der Waals surface area contributed by atoms with E-state index in [-0.39, 0.29) is 0 Å². The largest absolute Gasteiger partial charge is 0.226 e. The molecule has 0 aliphatic heterocycles. The molecule has 3 aromatic rings. The van der Waals surface area contributed by atoms with Crippen LogP contribution in [-0.2, 0) is 0 Å². The van der Waals surface area contributed by atoms with Gasteiger partial charge in [-0.05, 0) is 22.6 Å². The molecule has 0 amide bonds. The first-order valence-corrected chi connectivity index (χ1v) is 4.04. The van der Waals surface area contributed by atoms with Gasteiger partial charge < -0.3 is 0 Å². The van der Waals surface area contributed by atoms with Crippen molar-refractivity contribution in [3.8, 4) is 0 Å². The van der Waals surface area contributed by atoms with Gasteiger partial charge in [0.2, 0.25) is 11.3 Å². The maximum absolute atomic E-state index is 3.84. The minimum atomic E-state index is 0.315. The summed E-state index contributed by atoms with van der Waals surface area (Å²) in [6, 6.07) is 0. The van der Waals surface area contributed by atoms with Crippen molar-refractivity contribution in [1.82, 2.24) is 46.2 Å². The summed E-state index contributed by atoms with van der Waals surface area (Å²) in [5.41, 5.74) is 1.82. The van der Waals surface area contributed by atoms with E-state index in [2.05, 4.69) is 46.2 Å². The first-order valence-electron chi connectivity index (χ1n) is 4.04. The van der Waals surface area contributed by atoms with Gasteiger partial charge in [0.1, 0.15) is 5.52 Å². The van der Waals surface area contributed by atoms with Gasteiger partial charge in [0.05, 0.1) is 11.1 Å². The van der Waals surface area contributed by atoms with Crippen LogP contribution in [0, 0.1) is 6.92 Å². The lowest BCUT2D eigenvalue weighted by Gasteiger charge is -1.98. The van der Waals surface area contributed by atoms with E-state index in [0.717, 1.165) is 0 Å².